The van der Waals surface area contributed by atoms with Gasteiger partial charge in [0.05, 0.1) is 5.69 Å². The summed E-state index contributed by atoms with van der Waals surface area (Å²) in [5, 5.41) is 14.8. The van der Waals surface area contributed by atoms with Crippen LogP contribution in [0.3, 0.4) is 0 Å². The van der Waals surface area contributed by atoms with E-state index in [9.17, 15) is 4.79 Å². The first kappa shape index (κ1) is 15.8. The van der Waals surface area contributed by atoms with E-state index in [2.05, 4.69) is 9.67 Å². The third kappa shape index (κ3) is 2.52. The zero-order valence-electron chi connectivity index (χ0n) is 14.8. The third-order valence-electron chi connectivity index (χ3n) is 4.99. The first-order chi connectivity index (χ1) is 13.1. The van der Waals surface area contributed by atoms with Crippen LogP contribution in [0.4, 0.5) is 0 Å². The number of hydrogen-bond donors (Lipinski definition) is 1. The number of aromatic nitrogens is 3. The van der Waals surface area contributed by atoms with Crippen LogP contribution >= 0.6 is 0 Å². The standard InChI is InChI=1S/C21H17N3O3/c1-12-4-2-5-15(22-12)20-19(16-6-3-9-24(16)23-20)13-7-8-17-14(10-13)11-18(27-17)21(25)26/h2,4-5,7-8,10-11H,3,6,9H2,1H3,(H,25,26). The highest BCUT2D eigenvalue weighted by molar-refractivity contribution is 5.94. The molecule has 0 fully saturated rings. The zero-order valence-corrected chi connectivity index (χ0v) is 14.8. The number of carboxylic acid groups (broad SMARTS) is 1. The van der Waals surface area contributed by atoms with Crippen LogP contribution in [-0.2, 0) is 13.0 Å². The second-order valence-electron chi connectivity index (χ2n) is 6.83. The second-order valence-corrected chi connectivity index (χ2v) is 6.83. The lowest BCUT2D eigenvalue weighted by molar-refractivity contribution is 0.0665. The highest BCUT2D eigenvalue weighted by atomic mass is 16.4. The predicted molar refractivity (Wildman–Crippen MR) is 101 cm³/mol. The lowest BCUT2D eigenvalue weighted by atomic mass is 9.98. The largest absolute Gasteiger partial charge is 0.475 e. The minimum absolute atomic E-state index is 0.0528. The fourth-order valence-electron chi connectivity index (χ4n) is 3.79. The maximum Gasteiger partial charge on any atom is 0.371 e. The van der Waals surface area contributed by atoms with Gasteiger partial charge in [0, 0.05) is 28.9 Å². The number of benzene rings is 1. The van der Waals surface area contributed by atoms with Crippen molar-refractivity contribution in [2.75, 3.05) is 0 Å². The minimum atomic E-state index is -1.07. The Hall–Kier alpha value is -3.41. The van der Waals surface area contributed by atoms with E-state index in [0.29, 0.717) is 5.58 Å². The number of pyridine rings is 1. The maximum atomic E-state index is 11.2. The summed E-state index contributed by atoms with van der Waals surface area (Å²) in [7, 11) is 0. The Balaban J connectivity index is 1.72. The lowest BCUT2D eigenvalue weighted by Crippen LogP contribution is -1.95. The number of fused-ring (bicyclic) bond motifs is 2. The van der Waals surface area contributed by atoms with Crippen LogP contribution in [0.2, 0.25) is 0 Å². The summed E-state index contributed by atoms with van der Waals surface area (Å²) in [6.45, 7) is 2.88. The molecule has 0 bridgehead atoms. The molecule has 0 unspecified atom stereocenters. The highest BCUT2D eigenvalue weighted by Crippen LogP contribution is 2.38. The Bertz CT molecular complexity index is 1200. The Morgan fingerprint density at radius 1 is 1.22 bits per heavy atom. The van der Waals surface area contributed by atoms with Crippen LogP contribution in [-0.4, -0.2) is 25.8 Å². The molecule has 1 N–H and O–H groups in total. The van der Waals surface area contributed by atoms with E-state index in [1.165, 1.54) is 5.69 Å². The lowest BCUT2D eigenvalue weighted by Gasteiger charge is -2.06. The van der Waals surface area contributed by atoms with E-state index in [4.69, 9.17) is 14.6 Å². The molecule has 27 heavy (non-hydrogen) atoms. The number of furan rings is 1. The molecule has 0 radical (unpaired) electrons. The van der Waals surface area contributed by atoms with Gasteiger partial charge in [0.25, 0.3) is 0 Å². The van der Waals surface area contributed by atoms with E-state index in [0.717, 1.165) is 53.0 Å². The van der Waals surface area contributed by atoms with Crippen molar-refractivity contribution in [3.8, 4) is 22.5 Å². The Morgan fingerprint density at radius 3 is 2.93 bits per heavy atom. The van der Waals surface area contributed by atoms with Crippen LogP contribution in [0.5, 0.6) is 0 Å². The molecule has 1 aromatic carbocycles. The number of carboxylic acids is 1. The van der Waals surface area contributed by atoms with Crippen molar-refractivity contribution in [3.63, 3.8) is 0 Å². The van der Waals surface area contributed by atoms with Crippen LogP contribution < -0.4 is 0 Å². The SMILES string of the molecule is Cc1cccc(-c2nn3c(c2-c2ccc4oc(C(=O)O)cc4c2)CCC3)n1. The van der Waals surface area contributed by atoms with E-state index >= 15 is 0 Å². The summed E-state index contributed by atoms with van der Waals surface area (Å²) in [6, 6.07) is 13.3. The van der Waals surface area contributed by atoms with Gasteiger partial charge in [0.15, 0.2) is 0 Å². The molecule has 0 saturated heterocycles. The molecule has 0 spiro atoms. The molecular formula is C21H17N3O3. The van der Waals surface area contributed by atoms with Gasteiger partial charge in [-0.05, 0) is 55.7 Å². The van der Waals surface area contributed by atoms with Crippen LogP contribution in [0.1, 0.15) is 28.4 Å². The van der Waals surface area contributed by atoms with Crippen molar-refractivity contribution in [1.29, 1.82) is 0 Å². The van der Waals surface area contributed by atoms with Crippen LogP contribution in [0, 0.1) is 6.92 Å². The van der Waals surface area contributed by atoms with Gasteiger partial charge in [-0.2, -0.15) is 5.10 Å². The van der Waals surface area contributed by atoms with Crippen LogP contribution in [0.15, 0.2) is 46.9 Å². The average Bonchev–Trinajstić information content (AvgIpc) is 3.34. The molecule has 6 heteroatoms. The van der Waals surface area contributed by atoms with Gasteiger partial charge >= 0.3 is 5.97 Å². The summed E-state index contributed by atoms with van der Waals surface area (Å²) in [6.07, 6.45) is 2.05. The van der Waals surface area contributed by atoms with Crippen molar-refractivity contribution in [2.45, 2.75) is 26.3 Å². The number of carbonyl (C=O) groups is 1. The molecule has 6 nitrogen and oxygen atoms in total. The van der Waals surface area contributed by atoms with Crippen molar-refractivity contribution >= 4 is 16.9 Å². The number of aryl methyl sites for hydroxylation is 2. The first-order valence-electron chi connectivity index (χ1n) is 8.91. The molecule has 1 aliphatic heterocycles. The van der Waals surface area contributed by atoms with Gasteiger partial charge in [-0.15, -0.1) is 0 Å². The highest BCUT2D eigenvalue weighted by Gasteiger charge is 2.25. The van der Waals surface area contributed by atoms with E-state index in [1.54, 1.807) is 6.07 Å². The molecule has 3 aromatic heterocycles. The fraction of sp³-hybridized carbons (Fsp3) is 0.190. The summed E-state index contributed by atoms with van der Waals surface area (Å²) in [5.41, 5.74) is 6.51. The average molecular weight is 359 g/mol. The fourth-order valence-corrected chi connectivity index (χ4v) is 3.79. The van der Waals surface area contributed by atoms with Crippen molar-refractivity contribution in [3.05, 3.63) is 59.6 Å². The van der Waals surface area contributed by atoms with Crippen molar-refractivity contribution < 1.29 is 14.3 Å². The van der Waals surface area contributed by atoms with E-state index in [1.807, 2.05) is 43.3 Å². The smallest absolute Gasteiger partial charge is 0.371 e. The summed E-state index contributed by atoms with van der Waals surface area (Å²) < 4.78 is 7.46. The molecule has 5 rings (SSSR count). The number of nitrogens with zero attached hydrogens (tertiary/aromatic N) is 3. The molecule has 0 aliphatic carbocycles. The van der Waals surface area contributed by atoms with Gasteiger partial charge in [0.2, 0.25) is 5.76 Å². The Kier molecular flexibility index (Phi) is 3.40. The second kappa shape index (κ2) is 5.81. The van der Waals surface area contributed by atoms with Gasteiger partial charge in [-0.3, -0.25) is 9.67 Å². The Morgan fingerprint density at radius 2 is 2.11 bits per heavy atom. The van der Waals surface area contributed by atoms with Gasteiger partial charge in [0.1, 0.15) is 11.3 Å². The quantitative estimate of drug-likeness (QED) is 0.589. The van der Waals surface area contributed by atoms with Crippen molar-refractivity contribution in [1.82, 2.24) is 14.8 Å². The zero-order chi connectivity index (χ0) is 18.5. The van der Waals surface area contributed by atoms with Gasteiger partial charge in [-0.1, -0.05) is 12.1 Å². The summed E-state index contributed by atoms with van der Waals surface area (Å²) in [4.78, 5) is 15.9. The minimum Gasteiger partial charge on any atom is -0.475 e. The third-order valence-corrected chi connectivity index (χ3v) is 4.99. The van der Waals surface area contributed by atoms with Gasteiger partial charge in [-0.25, -0.2) is 4.79 Å². The number of hydrogen-bond acceptors (Lipinski definition) is 4. The van der Waals surface area contributed by atoms with Crippen LogP contribution in [0.25, 0.3) is 33.5 Å². The monoisotopic (exact) mass is 359 g/mol. The Labute approximate surface area is 155 Å². The normalized spacial score (nSPS) is 13.2. The maximum absolute atomic E-state index is 11.2. The number of rotatable bonds is 3. The predicted octanol–water partition coefficient (Wildman–Crippen LogP) is 4.31. The first-order valence-corrected chi connectivity index (χ1v) is 8.91. The van der Waals surface area contributed by atoms with Crippen molar-refractivity contribution in [2.24, 2.45) is 0 Å². The van der Waals surface area contributed by atoms with Gasteiger partial charge < -0.3 is 9.52 Å². The molecule has 0 atom stereocenters. The molecule has 134 valence electrons. The van der Waals surface area contributed by atoms with E-state index < -0.39 is 5.97 Å². The molecule has 4 aromatic rings. The number of aromatic carboxylic acids is 1. The molecule has 0 amide bonds. The summed E-state index contributed by atoms with van der Waals surface area (Å²) in [5.74, 6) is -1.12. The molecular weight excluding hydrogens is 342 g/mol. The summed E-state index contributed by atoms with van der Waals surface area (Å²) >= 11 is 0. The topological polar surface area (TPSA) is 81.2 Å². The van der Waals surface area contributed by atoms with E-state index in [-0.39, 0.29) is 5.76 Å². The molecule has 0 saturated carbocycles. The molecule has 1 aliphatic rings. The molecule has 4 heterocycles.